The highest BCUT2D eigenvalue weighted by atomic mass is 16.3. The molecule has 1 N–H and O–H groups in total. The number of hydrogen-bond acceptors (Lipinski definition) is 2. The molecule has 0 unspecified atom stereocenters. The predicted molar refractivity (Wildman–Crippen MR) is 91.0 cm³/mol. The number of nitrogens with zero attached hydrogens (tertiary/aromatic N) is 1. The van der Waals surface area contributed by atoms with Crippen LogP contribution in [-0.4, -0.2) is 10.7 Å². The molecule has 124 valence electrons. The van der Waals surface area contributed by atoms with E-state index in [0.717, 1.165) is 24.7 Å². The smallest absolute Gasteiger partial charge is 0.148 e. The minimum Gasteiger partial charge on any atom is -0.376 e. The summed E-state index contributed by atoms with van der Waals surface area (Å²) in [7, 11) is 0. The second kappa shape index (κ2) is 11.1. The van der Waals surface area contributed by atoms with Crippen molar-refractivity contribution in [1.29, 1.82) is 5.26 Å². The van der Waals surface area contributed by atoms with Crippen LogP contribution in [0.15, 0.2) is 0 Å². The van der Waals surface area contributed by atoms with Gasteiger partial charge in [0.1, 0.15) is 5.60 Å². The molecule has 21 heavy (non-hydrogen) atoms. The van der Waals surface area contributed by atoms with E-state index in [1.165, 1.54) is 38.5 Å². The maximum absolute atomic E-state index is 9.65. The van der Waals surface area contributed by atoms with Gasteiger partial charge in [-0.3, -0.25) is 0 Å². The van der Waals surface area contributed by atoms with Gasteiger partial charge in [-0.2, -0.15) is 5.26 Å². The van der Waals surface area contributed by atoms with Crippen LogP contribution >= 0.6 is 0 Å². The molecule has 0 amide bonds. The molecule has 0 aromatic rings. The van der Waals surface area contributed by atoms with Crippen LogP contribution in [0.3, 0.4) is 0 Å². The topological polar surface area (TPSA) is 44.0 Å². The summed E-state index contributed by atoms with van der Waals surface area (Å²) >= 11 is 0. The Bertz CT molecular complexity index is 290. The lowest BCUT2D eigenvalue weighted by Crippen LogP contribution is -2.20. The van der Waals surface area contributed by atoms with Crippen LogP contribution in [0.4, 0.5) is 0 Å². The summed E-state index contributed by atoms with van der Waals surface area (Å²) in [5, 5.41) is 18.4. The van der Waals surface area contributed by atoms with Crippen molar-refractivity contribution in [3.05, 3.63) is 0 Å². The van der Waals surface area contributed by atoms with Crippen molar-refractivity contribution < 1.29 is 5.11 Å². The van der Waals surface area contributed by atoms with Gasteiger partial charge in [-0.1, -0.05) is 72.6 Å². The van der Waals surface area contributed by atoms with Crippen LogP contribution < -0.4 is 0 Å². The van der Waals surface area contributed by atoms with E-state index in [1.54, 1.807) is 6.92 Å². The number of aliphatic hydroxyl groups is 1. The summed E-state index contributed by atoms with van der Waals surface area (Å²) < 4.78 is 0. The quantitative estimate of drug-likeness (QED) is 0.469. The summed E-state index contributed by atoms with van der Waals surface area (Å²) in [6.07, 6.45) is 10.7. The molecule has 0 saturated carbocycles. The Kier molecular flexibility index (Phi) is 10.8. The van der Waals surface area contributed by atoms with Crippen LogP contribution in [0.1, 0.15) is 92.4 Å². The van der Waals surface area contributed by atoms with E-state index in [-0.39, 0.29) is 0 Å². The van der Waals surface area contributed by atoms with E-state index in [4.69, 9.17) is 5.26 Å². The maximum atomic E-state index is 9.65. The minimum atomic E-state index is -1.13. The molecule has 0 rings (SSSR count). The Morgan fingerprint density at radius 2 is 1.29 bits per heavy atom. The summed E-state index contributed by atoms with van der Waals surface area (Å²) in [5.41, 5.74) is -1.13. The van der Waals surface area contributed by atoms with Crippen LogP contribution in [0.2, 0.25) is 0 Å². The molecule has 3 atom stereocenters. The Hall–Kier alpha value is -0.550. The molecule has 0 bridgehead atoms. The highest BCUT2D eigenvalue weighted by Gasteiger charge is 2.18. The highest BCUT2D eigenvalue weighted by molar-refractivity contribution is 4.95. The van der Waals surface area contributed by atoms with Crippen LogP contribution in [0.25, 0.3) is 0 Å². The van der Waals surface area contributed by atoms with Crippen molar-refractivity contribution in [3.8, 4) is 6.07 Å². The van der Waals surface area contributed by atoms with Crippen LogP contribution in [0, 0.1) is 29.1 Å². The highest BCUT2D eigenvalue weighted by Crippen LogP contribution is 2.22. The molecule has 0 heterocycles. The molecule has 0 aromatic carbocycles. The zero-order valence-corrected chi connectivity index (χ0v) is 15.0. The normalized spacial score (nSPS) is 17.2. The van der Waals surface area contributed by atoms with Crippen LogP contribution in [0.5, 0.6) is 0 Å². The van der Waals surface area contributed by atoms with E-state index in [0.29, 0.717) is 12.3 Å². The Balaban J connectivity index is 3.57. The third-order valence-electron chi connectivity index (χ3n) is 4.47. The van der Waals surface area contributed by atoms with Gasteiger partial charge in [-0.05, 0) is 37.5 Å². The first-order valence-electron chi connectivity index (χ1n) is 8.90. The van der Waals surface area contributed by atoms with E-state index >= 15 is 0 Å². The molecule has 0 aliphatic rings. The molecule has 0 radical (unpaired) electrons. The molecule has 0 spiro atoms. The van der Waals surface area contributed by atoms with E-state index in [2.05, 4.69) is 27.7 Å². The second-order valence-corrected chi connectivity index (χ2v) is 7.74. The van der Waals surface area contributed by atoms with Crippen molar-refractivity contribution >= 4 is 0 Å². The zero-order valence-electron chi connectivity index (χ0n) is 15.0. The lowest BCUT2D eigenvalue weighted by atomic mass is 9.90. The summed E-state index contributed by atoms with van der Waals surface area (Å²) in [5.74, 6) is 2.40. The van der Waals surface area contributed by atoms with Crippen molar-refractivity contribution in [2.45, 2.75) is 98.0 Å². The van der Waals surface area contributed by atoms with Crippen molar-refractivity contribution in [1.82, 2.24) is 0 Å². The van der Waals surface area contributed by atoms with E-state index < -0.39 is 5.60 Å². The lowest BCUT2D eigenvalue weighted by molar-refractivity contribution is 0.105. The lowest BCUT2D eigenvalue weighted by Gasteiger charge is -2.17. The minimum absolute atomic E-state index is 0.597. The molecule has 0 aromatic heterocycles. The van der Waals surface area contributed by atoms with Gasteiger partial charge >= 0.3 is 0 Å². The molecule has 0 aliphatic heterocycles. The van der Waals surface area contributed by atoms with Gasteiger partial charge in [0.05, 0.1) is 6.07 Å². The second-order valence-electron chi connectivity index (χ2n) is 7.74. The van der Waals surface area contributed by atoms with Gasteiger partial charge in [-0.25, -0.2) is 0 Å². The first kappa shape index (κ1) is 20.5. The molecule has 2 nitrogen and oxygen atoms in total. The molecular formula is C19H37NO. The first-order chi connectivity index (χ1) is 9.76. The number of hydrogen-bond donors (Lipinski definition) is 1. The standard InChI is InChI=1S/C19H37NO/c1-16(2)9-6-10-17(3)11-7-12-18(4)13-8-14-19(5,21)15-20/h16-18,21H,6-14H2,1-5H3/t17-,18+,19-/m0/s1. The van der Waals surface area contributed by atoms with Crippen molar-refractivity contribution in [2.75, 3.05) is 0 Å². The van der Waals surface area contributed by atoms with E-state index in [1.807, 2.05) is 6.07 Å². The Labute approximate surface area is 132 Å². The van der Waals surface area contributed by atoms with Gasteiger partial charge < -0.3 is 5.11 Å². The van der Waals surface area contributed by atoms with Crippen molar-refractivity contribution in [2.24, 2.45) is 17.8 Å². The van der Waals surface area contributed by atoms with Crippen molar-refractivity contribution in [3.63, 3.8) is 0 Å². The fraction of sp³-hybridized carbons (Fsp3) is 0.947. The third-order valence-corrected chi connectivity index (χ3v) is 4.47. The first-order valence-corrected chi connectivity index (χ1v) is 8.90. The van der Waals surface area contributed by atoms with Crippen LogP contribution in [-0.2, 0) is 0 Å². The number of nitriles is 1. The largest absolute Gasteiger partial charge is 0.376 e. The molecule has 0 fully saturated rings. The summed E-state index contributed by atoms with van der Waals surface area (Å²) in [6.45, 7) is 10.9. The Morgan fingerprint density at radius 3 is 1.71 bits per heavy atom. The van der Waals surface area contributed by atoms with Gasteiger partial charge in [-0.15, -0.1) is 0 Å². The average Bonchev–Trinajstić information content (AvgIpc) is 2.38. The predicted octanol–water partition coefficient (Wildman–Crippen LogP) is 5.70. The fourth-order valence-corrected chi connectivity index (χ4v) is 2.83. The molecule has 0 aliphatic carbocycles. The SMILES string of the molecule is CC(C)CCC[C@H](C)CCC[C@@H](C)CCC[C@](C)(O)C#N. The van der Waals surface area contributed by atoms with Gasteiger partial charge in [0.2, 0.25) is 0 Å². The van der Waals surface area contributed by atoms with Gasteiger partial charge in [0.25, 0.3) is 0 Å². The summed E-state index contributed by atoms with van der Waals surface area (Å²) in [6, 6.07) is 1.96. The van der Waals surface area contributed by atoms with Gasteiger partial charge in [0.15, 0.2) is 0 Å². The van der Waals surface area contributed by atoms with Gasteiger partial charge in [0, 0.05) is 0 Å². The average molecular weight is 296 g/mol. The number of rotatable bonds is 12. The third kappa shape index (κ3) is 12.9. The molecule has 2 heteroatoms. The molecular weight excluding hydrogens is 258 g/mol. The van der Waals surface area contributed by atoms with E-state index in [9.17, 15) is 5.11 Å². The maximum Gasteiger partial charge on any atom is 0.148 e. The monoisotopic (exact) mass is 295 g/mol. The summed E-state index contributed by atoms with van der Waals surface area (Å²) in [4.78, 5) is 0. The molecule has 0 saturated heterocycles. The fourth-order valence-electron chi connectivity index (χ4n) is 2.83. The Morgan fingerprint density at radius 1 is 0.857 bits per heavy atom. The zero-order chi connectivity index (χ0) is 16.3.